The van der Waals surface area contributed by atoms with Crippen LogP contribution in [-0.4, -0.2) is 31.6 Å². The van der Waals surface area contributed by atoms with Gasteiger partial charge in [-0.2, -0.15) is 0 Å². The molecule has 16 heavy (non-hydrogen) atoms. The maximum Gasteiger partial charge on any atom is 0.226 e. The number of amides is 1. The van der Waals surface area contributed by atoms with Gasteiger partial charge in [0.15, 0.2) is 0 Å². The molecule has 2 atom stereocenters. The van der Waals surface area contributed by atoms with Crippen LogP contribution in [0.2, 0.25) is 0 Å². The number of nitrogens with one attached hydrogen (secondary N) is 2. The van der Waals surface area contributed by atoms with Crippen LogP contribution in [0.5, 0.6) is 0 Å². The smallest absolute Gasteiger partial charge is 0.226 e. The minimum Gasteiger partial charge on any atom is -0.359 e. The van der Waals surface area contributed by atoms with Crippen molar-refractivity contribution in [2.45, 2.75) is 51.6 Å². The molecular weight excluding hydrogens is 202 g/mol. The summed E-state index contributed by atoms with van der Waals surface area (Å²) in [6.07, 6.45) is 4.54. The van der Waals surface area contributed by atoms with Gasteiger partial charge in [-0.25, -0.2) is 0 Å². The first kappa shape index (κ1) is 13.5. The van der Waals surface area contributed by atoms with E-state index in [0.717, 1.165) is 12.8 Å². The summed E-state index contributed by atoms with van der Waals surface area (Å²) in [7, 11) is 1.68. The van der Waals surface area contributed by atoms with Gasteiger partial charge in [-0.3, -0.25) is 4.79 Å². The molecule has 0 bridgehead atoms. The molecule has 0 aromatic carbocycles. The maximum absolute atomic E-state index is 11.6. The summed E-state index contributed by atoms with van der Waals surface area (Å²) in [5.74, 6) is 0.0834. The largest absolute Gasteiger partial charge is 0.359 e. The molecule has 94 valence electrons. The molecule has 1 amide bonds. The van der Waals surface area contributed by atoms with Crippen molar-refractivity contribution in [2.24, 2.45) is 11.1 Å². The van der Waals surface area contributed by atoms with Gasteiger partial charge in [-0.15, -0.1) is 0 Å². The van der Waals surface area contributed by atoms with Gasteiger partial charge in [0.05, 0.1) is 5.41 Å². The average molecular weight is 227 g/mol. The van der Waals surface area contributed by atoms with Crippen molar-refractivity contribution in [1.29, 1.82) is 0 Å². The highest BCUT2D eigenvalue weighted by Crippen LogP contribution is 2.19. The fraction of sp³-hybridized carbons (Fsp3) is 0.917. The Kier molecular flexibility index (Phi) is 4.74. The van der Waals surface area contributed by atoms with E-state index in [4.69, 9.17) is 5.73 Å². The average Bonchev–Trinajstić information content (AvgIpc) is 2.25. The van der Waals surface area contributed by atoms with Crippen molar-refractivity contribution in [3.63, 3.8) is 0 Å². The molecule has 0 aromatic heterocycles. The zero-order valence-corrected chi connectivity index (χ0v) is 10.7. The Bertz CT molecular complexity index is 240. The Morgan fingerprint density at radius 1 is 1.44 bits per heavy atom. The van der Waals surface area contributed by atoms with Gasteiger partial charge in [-0.1, -0.05) is 6.42 Å². The predicted octanol–water partition coefficient (Wildman–Crippen LogP) is 0.618. The van der Waals surface area contributed by atoms with Crippen LogP contribution < -0.4 is 16.4 Å². The number of hydrogen-bond acceptors (Lipinski definition) is 3. The molecule has 1 aliphatic rings. The molecule has 0 radical (unpaired) electrons. The van der Waals surface area contributed by atoms with Gasteiger partial charge in [0.2, 0.25) is 5.91 Å². The number of hydrogen-bond donors (Lipinski definition) is 3. The lowest BCUT2D eigenvalue weighted by Crippen LogP contribution is -2.47. The second-order valence-electron chi connectivity index (χ2n) is 5.47. The molecule has 2 unspecified atom stereocenters. The molecule has 0 spiro atoms. The van der Waals surface area contributed by atoms with Gasteiger partial charge < -0.3 is 16.4 Å². The first-order valence-electron chi connectivity index (χ1n) is 6.17. The number of nitrogens with two attached hydrogens (primary N) is 1. The number of carbonyl (C=O) groups is 1. The Balaban J connectivity index is 2.35. The Hall–Kier alpha value is -0.610. The molecular formula is C12H25N3O. The fourth-order valence-electron chi connectivity index (χ4n) is 2.23. The fourth-order valence-corrected chi connectivity index (χ4v) is 2.23. The SMILES string of the molecule is CNC(=O)C(C)(C)CNC1CCCC(N)C1. The highest BCUT2D eigenvalue weighted by atomic mass is 16.2. The van der Waals surface area contributed by atoms with Gasteiger partial charge >= 0.3 is 0 Å². The summed E-state index contributed by atoms with van der Waals surface area (Å²) in [5, 5.41) is 6.16. The molecule has 0 aromatic rings. The van der Waals surface area contributed by atoms with E-state index in [2.05, 4.69) is 10.6 Å². The Morgan fingerprint density at radius 2 is 2.12 bits per heavy atom. The first-order chi connectivity index (χ1) is 7.45. The van der Waals surface area contributed by atoms with Crippen molar-refractivity contribution in [3.8, 4) is 0 Å². The van der Waals surface area contributed by atoms with Crippen LogP contribution in [0.1, 0.15) is 39.5 Å². The van der Waals surface area contributed by atoms with Crippen LogP contribution in [-0.2, 0) is 4.79 Å². The quantitative estimate of drug-likeness (QED) is 0.659. The van der Waals surface area contributed by atoms with Crippen molar-refractivity contribution in [3.05, 3.63) is 0 Å². The van der Waals surface area contributed by atoms with Gasteiger partial charge in [-0.05, 0) is 33.1 Å². The maximum atomic E-state index is 11.6. The lowest BCUT2D eigenvalue weighted by molar-refractivity contribution is -0.128. The zero-order chi connectivity index (χ0) is 12.2. The van der Waals surface area contributed by atoms with E-state index in [1.54, 1.807) is 7.05 Å². The predicted molar refractivity (Wildman–Crippen MR) is 66.1 cm³/mol. The monoisotopic (exact) mass is 227 g/mol. The minimum absolute atomic E-state index is 0.0834. The van der Waals surface area contributed by atoms with Crippen LogP contribution in [0.15, 0.2) is 0 Å². The van der Waals surface area contributed by atoms with E-state index in [1.165, 1.54) is 12.8 Å². The Labute approximate surface area is 98.3 Å². The van der Waals surface area contributed by atoms with Crippen LogP contribution >= 0.6 is 0 Å². The van der Waals surface area contributed by atoms with Crippen LogP contribution in [0.4, 0.5) is 0 Å². The van der Waals surface area contributed by atoms with Crippen LogP contribution in [0.25, 0.3) is 0 Å². The number of rotatable bonds is 4. The Morgan fingerprint density at radius 3 is 2.69 bits per heavy atom. The van der Waals surface area contributed by atoms with Crippen molar-refractivity contribution >= 4 is 5.91 Å². The zero-order valence-electron chi connectivity index (χ0n) is 10.7. The third-order valence-corrected chi connectivity index (χ3v) is 3.39. The normalized spacial score (nSPS) is 26.5. The summed E-state index contributed by atoms with van der Waals surface area (Å²) >= 11 is 0. The van der Waals surface area contributed by atoms with E-state index in [1.807, 2.05) is 13.8 Å². The molecule has 4 N–H and O–H groups in total. The second-order valence-corrected chi connectivity index (χ2v) is 5.47. The summed E-state index contributed by atoms with van der Waals surface area (Å²) in [6.45, 7) is 4.63. The molecule has 0 heterocycles. The molecule has 0 aliphatic heterocycles. The summed E-state index contributed by atoms with van der Waals surface area (Å²) in [6, 6.07) is 0.807. The second kappa shape index (κ2) is 5.64. The highest BCUT2D eigenvalue weighted by molar-refractivity contribution is 5.81. The molecule has 1 saturated carbocycles. The molecule has 4 heteroatoms. The molecule has 4 nitrogen and oxygen atoms in total. The lowest BCUT2D eigenvalue weighted by atomic mass is 9.88. The van der Waals surface area contributed by atoms with Gasteiger partial charge in [0.1, 0.15) is 0 Å². The first-order valence-corrected chi connectivity index (χ1v) is 6.17. The van der Waals surface area contributed by atoms with Gasteiger partial charge in [0, 0.05) is 25.7 Å². The van der Waals surface area contributed by atoms with Crippen LogP contribution in [0.3, 0.4) is 0 Å². The van der Waals surface area contributed by atoms with Gasteiger partial charge in [0.25, 0.3) is 0 Å². The summed E-state index contributed by atoms with van der Waals surface area (Å²) in [4.78, 5) is 11.6. The molecule has 1 rings (SSSR count). The van der Waals surface area contributed by atoms with E-state index in [9.17, 15) is 4.79 Å². The van der Waals surface area contributed by atoms with Crippen molar-refractivity contribution in [2.75, 3.05) is 13.6 Å². The highest BCUT2D eigenvalue weighted by Gasteiger charge is 2.28. The van der Waals surface area contributed by atoms with E-state index >= 15 is 0 Å². The molecule has 1 fully saturated rings. The standard InChI is InChI=1S/C12H25N3O/c1-12(2,11(16)14-3)8-15-10-6-4-5-9(13)7-10/h9-10,15H,4-8,13H2,1-3H3,(H,14,16). The topological polar surface area (TPSA) is 67.2 Å². The van der Waals surface area contributed by atoms with Crippen LogP contribution in [0, 0.1) is 5.41 Å². The summed E-state index contributed by atoms with van der Waals surface area (Å²) in [5.41, 5.74) is 5.58. The third kappa shape index (κ3) is 3.76. The third-order valence-electron chi connectivity index (χ3n) is 3.39. The number of carbonyl (C=O) groups excluding carboxylic acids is 1. The van der Waals surface area contributed by atoms with E-state index in [0.29, 0.717) is 18.6 Å². The van der Waals surface area contributed by atoms with E-state index < -0.39 is 0 Å². The minimum atomic E-state index is -0.351. The van der Waals surface area contributed by atoms with Crippen molar-refractivity contribution in [1.82, 2.24) is 10.6 Å². The molecule has 0 saturated heterocycles. The summed E-state index contributed by atoms with van der Waals surface area (Å²) < 4.78 is 0. The lowest BCUT2D eigenvalue weighted by Gasteiger charge is -2.31. The molecule has 1 aliphatic carbocycles. The van der Waals surface area contributed by atoms with Crippen molar-refractivity contribution < 1.29 is 4.79 Å². The van der Waals surface area contributed by atoms with E-state index in [-0.39, 0.29) is 11.3 Å².